The third-order valence-corrected chi connectivity index (χ3v) is 3.45. The summed E-state index contributed by atoms with van der Waals surface area (Å²) in [5.74, 6) is 0. The van der Waals surface area contributed by atoms with Gasteiger partial charge in [-0.3, -0.25) is 0 Å². The van der Waals surface area contributed by atoms with Gasteiger partial charge in [0.15, 0.2) is 0 Å². The van der Waals surface area contributed by atoms with E-state index < -0.39 is 5.60 Å². The van der Waals surface area contributed by atoms with Gasteiger partial charge >= 0.3 is 6.09 Å². The highest BCUT2D eigenvalue weighted by Gasteiger charge is 2.25. The van der Waals surface area contributed by atoms with Gasteiger partial charge in [-0.1, -0.05) is 32.1 Å². The van der Waals surface area contributed by atoms with Crippen molar-refractivity contribution in [1.82, 2.24) is 4.90 Å². The first-order valence-electron chi connectivity index (χ1n) is 8.83. The van der Waals surface area contributed by atoms with Crippen molar-refractivity contribution in [2.45, 2.75) is 47.1 Å². The van der Waals surface area contributed by atoms with E-state index in [0.29, 0.717) is 13.1 Å². The maximum absolute atomic E-state index is 12.1. The van der Waals surface area contributed by atoms with Crippen LogP contribution in [0.25, 0.3) is 5.57 Å². The first kappa shape index (κ1) is 23.0. The number of amides is 1. The molecule has 0 aliphatic carbocycles. The number of anilines is 1. The van der Waals surface area contributed by atoms with Crippen LogP contribution in [0.3, 0.4) is 0 Å². The van der Waals surface area contributed by atoms with Gasteiger partial charge in [0.25, 0.3) is 0 Å². The van der Waals surface area contributed by atoms with Crippen LogP contribution in [0.2, 0.25) is 0 Å². The largest absolute Gasteiger partial charge is 0.444 e. The van der Waals surface area contributed by atoms with Gasteiger partial charge in [0.1, 0.15) is 5.60 Å². The predicted molar refractivity (Wildman–Crippen MR) is 108 cm³/mol. The van der Waals surface area contributed by atoms with Gasteiger partial charge in [0.05, 0.1) is 0 Å². The van der Waals surface area contributed by atoms with Crippen LogP contribution in [0.15, 0.2) is 24.3 Å². The third kappa shape index (κ3) is 7.18. The number of hydrogen-bond donors (Lipinski definition) is 2. The van der Waals surface area contributed by atoms with Crippen molar-refractivity contribution in [2.24, 2.45) is 5.73 Å². The summed E-state index contributed by atoms with van der Waals surface area (Å²) in [7, 11) is 3.42. The van der Waals surface area contributed by atoms with E-state index in [2.05, 4.69) is 42.2 Å². The number of nitrogens with zero attached hydrogens (tertiary/aromatic N) is 1. The Kier molecular flexibility index (Phi) is 9.91. The average molecular weight is 350 g/mol. The number of ether oxygens (including phenoxy) is 1. The van der Waals surface area contributed by atoms with E-state index in [9.17, 15) is 4.79 Å². The summed E-state index contributed by atoms with van der Waals surface area (Å²) in [6, 6.07) is 6.32. The Morgan fingerprint density at radius 1 is 1.24 bits per heavy atom. The summed E-state index contributed by atoms with van der Waals surface area (Å²) >= 11 is 0. The van der Waals surface area contributed by atoms with E-state index >= 15 is 0 Å². The topological polar surface area (TPSA) is 67.6 Å². The lowest BCUT2D eigenvalue weighted by Gasteiger charge is -2.24. The van der Waals surface area contributed by atoms with Gasteiger partial charge in [-0.15, -0.1) is 0 Å². The van der Waals surface area contributed by atoms with Gasteiger partial charge in [0.2, 0.25) is 0 Å². The molecule has 1 aromatic carbocycles. The minimum Gasteiger partial charge on any atom is -0.444 e. The van der Waals surface area contributed by atoms with Gasteiger partial charge < -0.3 is 20.7 Å². The summed E-state index contributed by atoms with van der Waals surface area (Å²) in [6.45, 7) is 12.9. The van der Waals surface area contributed by atoms with Crippen molar-refractivity contribution in [3.8, 4) is 0 Å². The summed E-state index contributed by atoms with van der Waals surface area (Å²) in [4.78, 5) is 13.8. The number of carbonyl (C=O) groups is 1. The predicted octanol–water partition coefficient (Wildman–Crippen LogP) is 4.27. The molecule has 0 bridgehead atoms. The zero-order valence-electron chi connectivity index (χ0n) is 17.1. The number of carbonyl (C=O) groups excluding carboxylic acids is 1. The van der Waals surface area contributed by atoms with E-state index in [-0.39, 0.29) is 6.09 Å². The molecule has 0 unspecified atom stereocenters. The first-order chi connectivity index (χ1) is 11.8. The van der Waals surface area contributed by atoms with Crippen molar-refractivity contribution >= 4 is 17.4 Å². The number of nitrogens with two attached hydrogens (primary N) is 1. The molecule has 0 atom stereocenters. The Balaban J connectivity index is 0.00000134. The minimum atomic E-state index is -0.455. The SMILES string of the molecule is CC.CN.CNc1cc(C2=CCN(C(=O)OC(C)(C)C)C2)ccc1C. The summed E-state index contributed by atoms with van der Waals surface area (Å²) in [6.07, 6.45) is 1.84. The lowest BCUT2D eigenvalue weighted by atomic mass is 10.0. The van der Waals surface area contributed by atoms with Crippen molar-refractivity contribution < 1.29 is 9.53 Å². The molecule has 3 N–H and O–H groups in total. The second kappa shape index (κ2) is 10.8. The minimum absolute atomic E-state index is 0.255. The molecule has 1 amide bonds. The van der Waals surface area contributed by atoms with Crippen molar-refractivity contribution in [3.05, 3.63) is 35.4 Å². The molecule has 1 aromatic rings. The van der Waals surface area contributed by atoms with Crippen LogP contribution in [0.4, 0.5) is 10.5 Å². The Morgan fingerprint density at radius 3 is 2.36 bits per heavy atom. The van der Waals surface area contributed by atoms with E-state index in [1.807, 2.05) is 41.7 Å². The van der Waals surface area contributed by atoms with Crippen LogP contribution in [0, 0.1) is 6.92 Å². The molecule has 5 heteroatoms. The van der Waals surface area contributed by atoms with Crippen LogP contribution in [0.1, 0.15) is 45.7 Å². The maximum atomic E-state index is 12.1. The van der Waals surface area contributed by atoms with Gasteiger partial charge in [-0.05, 0) is 57.5 Å². The highest BCUT2D eigenvalue weighted by Crippen LogP contribution is 2.26. The molecule has 1 aliphatic heterocycles. The Morgan fingerprint density at radius 2 is 1.84 bits per heavy atom. The molecular weight excluding hydrogens is 314 g/mol. The molecule has 142 valence electrons. The van der Waals surface area contributed by atoms with Gasteiger partial charge in [-0.2, -0.15) is 0 Å². The van der Waals surface area contributed by atoms with Crippen LogP contribution in [-0.2, 0) is 4.74 Å². The van der Waals surface area contributed by atoms with Crippen LogP contribution in [0.5, 0.6) is 0 Å². The van der Waals surface area contributed by atoms with E-state index in [0.717, 1.165) is 16.8 Å². The van der Waals surface area contributed by atoms with Crippen molar-refractivity contribution in [1.29, 1.82) is 0 Å². The summed E-state index contributed by atoms with van der Waals surface area (Å²) in [5.41, 5.74) is 8.68. The number of benzene rings is 1. The highest BCUT2D eigenvalue weighted by molar-refractivity contribution is 5.78. The van der Waals surface area contributed by atoms with Crippen molar-refractivity contribution in [3.63, 3.8) is 0 Å². The number of hydrogen-bond acceptors (Lipinski definition) is 4. The second-order valence-corrected chi connectivity index (χ2v) is 6.37. The van der Waals surface area contributed by atoms with Gasteiger partial charge in [-0.25, -0.2) is 4.79 Å². The lowest BCUT2D eigenvalue weighted by Crippen LogP contribution is -2.35. The molecule has 2 rings (SSSR count). The van der Waals surface area contributed by atoms with Crippen molar-refractivity contribution in [2.75, 3.05) is 32.5 Å². The Hall–Kier alpha value is -2.01. The number of rotatable bonds is 2. The van der Waals surface area contributed by atoms with Crippen LogP contribution >= 0.6 is 0 Å². The molecule has 0 saturated carbocycles. The number of nitrogens with one attached hydrogen (secondary N) is 1. The molecule has 0 radical (unpaired) electrons. The fourth-order valence-corrected chi connectivity index (χ4v) is 2.32. The molecule has 5 nitrogen and oxygen atoms in total. The van der Waals surface area contributed by atoms with E-state index in [1.54, 1.807) is 4.90 Å². The summed E-state index contributed by atoms with van der Waals surface area (Å²) < 4.78 is 5.41. The molecule has 0 aromatic heterocycles. The fourth-order valence-electron chi connectivity index (χ4n) is 2.32. The second-order valence-electron chi connectivity index (χ2n) is 6.37. The molecule has 25 heavy (non-hydrogen) atoms. The van der Waals surface area contributed by atoms with Crippen LogP contribution in [-0.4, -0.2) is 43.8 Å². The van der Waals surface area contributed by atoms with Gasteiger partial charge in [0, 0.05) is 25.8 Å². The zero-order chi connectivity index (χ0) is 19.6. The molecule has 0 fully saturated rings. The summed E-state index contributed by atoms with van der Waals surface area (Å²) in [5, 5.41) is 3.19. The molecule has 1 heterocycles. The quantitative estimate of drug-likeness (QED) is 0.836. The average Bonchev–Trinajstić information content (AvgIpc) is 3.08. The zero-order valence-corrected chi connectivity index (χ0v) is 17.1. The monoisotopic (exact) mass is 349 g/mol. The standard InChI is InChI=1S/C17H24N2O2.C2H6.CH5N/c1-12-6-7-13(10-15(12)18-5)14-8-9-19(11-14)16(20)21-17(2,3)4;2*1-2/h6-8,10,18H,9,11H2,1-5H3;1-2H3;2H2,1H3. The Bertz CT molecular complexity index is 575. The molecule has 1 aliphatic rings. The van der Waals surface area contributed by atoms with Crippen LogP contribution < -0.4 is 11.1 Å². The first-order valence-corrected chi connectivity index (χ1v) is 8.83. The lowest BCUT2D eigenvalue weighted by molar-refractivity contribution is 0.0306. The molecule has 0 spiro atoms. The maximum Gasteiger partial charge on any atom is 0.410 e. The molecule has 0 saturated heterocycles. The van der Waals surface area contributed by atoms with E-state index in [4.69, 9.17) is 4.74 Å². The highest BCUT2D eigenvalue weighted by atomic mass is 16.6. The smallest absolute Gasteiger partial charge is 0.410 e. The number of aryl methyl sites for hydroxylation is 1. The normalized spacial score (nSPS) is 13.0. The molecular formula is C20H35N3O2. The van der Waals surface area contributed by atoms with E-state index in [1.165, 1.54) is 12.6 Å². The Labute approximate surface area is 153 Å². The third-order valence-electron chi connectivity index (χ3n) is 3.45. The fraction of sp³-hybridized carbons (Fsp3) is 0.550.